The van der Waals surface area contributed by atoms with Gasteiger partial charge in [-0.05, 0) is 64.5 Å². The molecule has 25 heavy (non-hydrogen) atoms. The molecule has 1 aromatic carbocycles. The molecule has 0 radical (unpaired) electrons. The molecule has 134 valence electrons. The molecule has 0 bridgehead atoms. The van der Waals surface area contributed by atoms with Crippen LogP contribution >= 0.6 is 0 Å². The van der Waals surface area contributed by atoms with E-state index in [0.717, 1.165) is 0 Å². The Morgan fingerprint density at radius 1 is 1.12 bits per heavy atom. The molecule has 2 rings (SSSR count). The zero-order valence-corrected chi connectivity index (χ0v) is 15.3. The first kappa shape index (κ1) is 18.7. The Hall–Kier alpha value is -2.63. The molecule has 0 atom stereocenters. The quantitative estimate of drug-likeness (QED) is 0.658. The number of nitrogens with one attached hydrogen (secondary N) is 1. The van der Waals surface area contributed by atoms with Crippen LogP contribution in [0.2, 0.25) is 0 Å². The number of nitrogens with zero attached hydrogens (tertiary/aromatic N) is 1. The third-order valence-electron chi connectivity index (χ3n) is 4.50. The lowest BCUT2D eigenvalue weighted by Crippen LogP contribution is -2.30. The number of rotatable bonds is 5. The fraction of sp³-hybridized carbons (Fsp3) is 0.421. The Bertz CT molecular complexity index is 728. The average molecular weight is 344 g/mol. The van der Waals surface area contributed by atoms with E-state index in [0.29, 0.717) is 29.9 Å². The first-order chi connectivity index (χ1) is 11.7. The highest BCUT2D eigenvalue weighted by atomic mass is 16.6. The number of hydrogen-bond donors (Lipinski definition) is 1. The lowest BCUT2D eigenvalue weighted by molar-refractivity contribution is -0.145. The zero-order valence-electron chi connectivity index (χ0n) is 15.3. The van der Waals surface area contributed by atoms with Crippen LogP contribution < -0.4 is 5.32 Å². The third-order valence-corrected chi connectivity index (χ3v) is 4.50. The van der Waals surface area contributed by atoms with E-state index in [2.05, 4.69) is 5.32 Å². The van der Waals surface area contributed by atoms with Crippen molar-refractivity contribution in [1.82, 2.24) is 4.90 Å². The second-order valence-corrected chi connectivity index (χ2v) is 6.41. The van der Waals surface area contributed by atoms with Crippen LogP contribution in [-0.4, -0.2) is 41.4 Å². The molecule has 0 fully saturated rings. The maximum absolute atomic E-state index is 12.4. The molecule has 0 aromatic heterocycles. The van der Waals surface area contributed by atoms with Gasteiger partial charge in [-0.2, -0.15) is 0 Å². The van der Waals surface area contributed by atoms with E-state index in [4.69, 9.17) is 4.74 Å². The minimum Gasteiger partial charge on any atom is -0.451 e. The van der Waals surface area contributed by atoms with E-state index in [9.17, 15) is 14.4 Å². The van der Waals surface area contributed by atoms with Crippen molar-refractivity contribution in [1.29, 1.82) is 0 Å². The van der Waals surface area contributed by atoms with E-state index in [1.54, 1.807) is 49.9 Å². The first-order valence-corrected chi connectivity index (χ1v) is 8.36. The van der Waals surface area contributed by atoms with Gasteiger partial charge in [-0.3, -0.25) is 9.59 Å². The largest absolute Gasteiger partial charge is 0.451 e. The van der Waals surface area contributed by atoms with Crippen LogP contribution in [0, 0.1) is 0 Å². The van der Waals surface area contributed by atoms with Gasteiger partial charge in [0.1, 0.15) is 11.2 Å². The summed E-state index contributed by atoms with van der Waals surface area (Å²) in [4.78, 5) is 38.3. The fourth-order valence-electron chi connectivity index (χ4n) is 2.66. The molecule has 2 amide bonds. The molecule has 0 spiro atoms. The monoisotopic (exact) mass is 344 g/mol. The zero-order chi connectivity index (χ0) is 18.8. The van der Waals surface area contributed by atoms with E-state index in [1.165, 1.54) is 0 Å². The van der Waals surface area contributed by atoms with Gasteiger partial charge >= 0.3 is 5.97 Å². The summed E-state index contributed by atoms with van der Waals surface area (Å²) in [5.41, 5.74) is 0.929. The number of ether oxygens (including phenoxy) is 1. The van der Waals surface area contributed by atoms with Gasteiger partial charge < -0.3 is 15.0 Å². The molecule has 1 heterocycles. The van der Waals surface area contributed by atoms with Gasteiger partial charge in [0, 0.05) is 24.3 Å². The molecular formula is C19H24N2O4. The molecule has 1 aliphatic heterocycles. The van der Waals surface area contributed by atoms with Crippen molar-refractivity contribution in [2.75, 3.05) is 18.4 Å². The fourth-order valence-corrected chi connectivity index (χ4v) is 2.66. The van der Waals surface area contributed by atoms with Crippen LogP contribution in [0.15, 0.2) is 35.4 Å². The first-order valence-electron chi connectivity index (χ1n) is 8.36. The molecule has 0 aliphatic carbocycles. The normalized spacial score (nSPS) is 15.8. The number of carbonyl (C=O) groups is 3. The molecule has 1 N–H and O–H groups in total. The molecule has 1 aliphatic rings. The highest BCUT2D eigenvalue weighted by Gasteiger charge is 2.40. The number of anilines is 1. The predicted molar refractivity (Wildman–Crippen MR) is 95.2 cm³/mol. The molecule has 0 unspecified atom stereocenters. The Balaban J connectivity index is 2.14. The number of carbonyl (C=O) groups excluding carboxylic acids is 3. The van der Waals surface area contributed by atoms with Crippen LogP contribution in [0.4, 0.5) is 5.69 Å². The molecule has 0 saturated carbocycles. The summed E-state index contributed by atoms with van der Waals surface area (Å²) in [5, 5.41) is 2.68. The number of amides is 2. The van der Waals surface area contributed by atoms with Crippen molar-refractivity contribution in [3.8, 4) is 0 Å². The van der Waals surface area contributed by atoms with Crippen LogP contribution in [-0.2, 0) is 14.3 Å². The summed E-state index contributed by atoms with van der Waals surface area (Å²) in [6.07, 6.45) is 0. The van der Waals surface area contributed by atoms with Crippen LogP contribution in [0.25, 0.3) is 0 Å². The van der Waals surface area contributed by atoms with Gasteiger partial charge in [0.15, 0.2) is 0 Å². The molecule has 1 aromatic rings. The van der Waals surface area contributed by atoms with Crippen LogP contribution in [0.1, 0.15) is 45.0 Å². The summed E-state index contributed by atoms with van der Waals surface area (Å²) in [6, 6.07) is 6.62. The standard InChI is InChI=1S/C19H24N2O4/c1-6-21(7-2)17(23)13-8-10-14(11-9-13)20-16(22)15-12(3)19(4,5)25-18(15)24/h8-11H,6-7H2,1-5H3,(H,20,22). The predicted octanol–water partition coefficient (Wildman–Crippen LogP) is 2.76. The van der Waals surface area contributed by atoms with Crippen molar-refractivity contribution in [2.45, 2.75) is 40.2 Å². The van der Waals surface area contributed by atoms with E-state index < -0.39 is 17.5 Å². The number of benzene rings is 1. The molecular weight excluding hydrogens is 320 g/mol. The van der Waals surface area contributed by atoms with Crippen molar-refractivity contribution in [3.63, 3.8) is 0 Å². The van der Waals surface area contributed by atoms with Crippen molar-refractivity contribution in [3.05, 3.63) is 41.0 Å². The topological polar surface area (TPSA) is 75.7 Å². The highest BCUT2D eigenvalue weighted by Crippen LogP contribution is 2.32. The summed E-state index contributed by atoms with van der Waals surface area (Å²) in [7, 11) is 0. The lowest BCUT2D eigenvalue weighted by Gasteiger charge is -2.18. The van der Waals surface area contributed by atoms with Gasteiger partial charge in [-0.15, -0.1) is 0 Å². The Morgan fingerprint density at radius 3 is 2.12 bits per heavy atom. The highest BCUT2D eigenvalue weighted by molar-refractivity contribution is 6.23. The second kappa shape index (κ2) is 7.09. The Labute approximate surface area is 147 Å². The summed E-state index contributed by atoms with van der Waals surface area (Å²) in [6.45, 7) is 10.3. The minimum atomic E-state index is -0.774. The lowest BCUT2D eigenvalue weighted by atomic mass is 9.97. The second-order valence-electron chi connectivity index (χ2n) is 6.41. The van der Waals surface area contributed by atoms with Gasteiger partial charge in [0.25, 0.3) is 11.8 Å². The van der Waals surface area contributed by atoms with E-state index in [1.807, 2.05) is 13.8 Å². The van der Waals surface area contributed by atoms with Gasteiger partial charge in [-0.25, -0.2) is 4.79 Å². The van der Waals surface area contributed by atoms with Crippen LogP contribution in [0.5, 0.6) is 0 Å². The van der Waals surface area contributed by atoms with Gasteiger partial charge in [-0.1, -0.05) is 0 Å². The third kappa shape index (κ3) is 3.73. The number of hydrogen-bond acceptors (Lipinski definition) is 4. The van der Waals surface area contributed by atoms with Crippen molar-refractivity contribution in [2.24, 2.45) is 0 Å². The maximum Gasteiger partial charge on any atom is 0.344 e. The van der Waals surface area contributed by atoms with E-state index in [-0.39, 0.29) is 11.5 Å². The SMILES string of the molecule is CCN(CC)C(=O)c1ccc(NC(=O)C2=C(C)C(C)(C)OC2=O)cc1. The number of esters is 1. The minimum absolute atomic E-state index is 0.0355. The van der Waals surface area contributed by atoms with E-state index >= 15 is 0 Å². The Kier molecular flexibility index (Phi) is 5.30. The van der Waals surface area contributed by atoms with Crippen LogP contribution in [0.3, 0.4) is 0 Å². The summed E-state index contributed by atoms with van der Waals surface area (Å²) >= 11 is 0. The number of cyclic esters (lactones) is 1. The van der Waals surface area contributed by atoms with Gasteiger partial charge in [0.05, 0.1) is 0 Å². The summed E-state index contributed by atoms with van der Waals surface area (Å²) < 4.78 is 5.21. The average Bonchev–Trinajstić information content (AvgIpc) is 2.76. The Morgan fingerprint density at radius 2 is 1.68 bits per heavy atom. The summed E-state index contributed by atoms with van der Waals surface area (Å²) in [5.74, 6) is -1.17. The van der Waals surface area contributed by atoms with Crippen molar-refractivity contribution < 1.29 is 19.1 Å². The maximum atomic E-state index is 12.4. The molecule has 6 heteroatoms. The molecule has 0 saturated heterocycles. The smallest absolute Gasteiger partial charge is 0.344 e. The molecule has 6 nitrogen and oxygen atoms in total. The van der Waals surface area contributed by atoms with Gasteiger partial charge in [0.2, 0.25) is 0 Å². The van der Waals surface area contributed by atoms with Crippen molar-refractivity contribution >= 4 is 23.5 Å².